The first-order valence-electron chi connectivity index (χ1n) is 5.89. The topological polar surface area (TPSA) is 20.2 Å². The molecule has 4 heteroatoms. The van der Waals surface area contributed by atoms with Gasteiger partial charge in [-0.15, -0.1) is 11.3 Å². The highest BCUT2D eigenvalue weighted by Gasteiger charge is 2.19. The van der Waals surface area contributed by atoms with Gasteiger partial charge in [0.1, 0.15) is 0 Å². The van der Waals surface area contributed by atoms with E-state index in [1.54, 1.807) is 11.3 Å². The highest BCUT2D eigenvalue weighted by atomic mass is 32.1. The van der Waals surface area contributed by atoms with E-state index >= 15 is 0 Å². The lowest BCUT2D eigenvalue weighted by Gasteiger charge is -2.12. The van der Waals surface area contributed by atoms with Crippen molar-refractivity contribution in [3.63, 3.8) is 0 Å². The predicted octanol–water partition coefficient (Wildman–Crippen LogP) is 4.11. The van der Waals surface area contributed by atoms with Gasteiger partial charge in [0.25, 0.3) is 0 Å². The molecule has 2 rings (SSSR count). The summed E-state index contributed by atoms with van der Waals surface area (Å²) in [6.45, 7) is 8.79. The maximum atomic E-state index is 13.4. The molecule has 0 saturated carbocycles. The average Bonchev–Trinajstić information content (AvgIpc) is 2.72. The number of hydrogen-bond acceptors (Lipinski definition) is 2. The molecule has 0 aliphatic rings. The molecule has 0 unspecified atom stereocenters. The third-order valence-electron chi connectivity index (χ3n) is 2.90. The molecule has 0 bridgehead atoms. The van der Waals surface area contributed by atoms with Crippen molar-refractivity contribution in [1.29, 1.82) is 0 Å². The average molecular weight is 280 g/mol. The van der Waals surface area contributed by atoms with Gasteiger partial charge in [-0.3, -0.25) is 0 Å². The molecule has 0 saturated heterocycles. The Morgan fingerprint density at radius 2 is 1.83 bits per heavy atom. The number of benzene rings is 1. The lowest BCUT2D eigenvalue weighted by Crippen LogP contribution is -2.34. The molecule has 1 heterocycles. The largest absolute Gasteiger partial charge is 0.505 e. The summed E-state index contributed by atoms with van der Waals surface area (Å²) in [6.07, 6.45) is 0. The van der Waals surface area contributed by atoms with Crippen LogP contribution in [0.2, 0.25) is 19.6 Å². The monoisotopic (exact) mass is 280 g/mol. The molecule has 1 aromatic carbocycles. The van der Waals surface area contributed by atoms with Gasteiger partial charge in [-0.25, -0.2) is 4.39 Å². The summed E-state index contributed by atoms with van der Waals surface area (Å²) in [5.41, 5.74) is 1.78. The summed E-state index contributed by atoms with van der Waals surface area (Å²) in [5, 5.41) is 9.34. The SMILES string of the molecule is Cc1cc(O)c(F)cc1-c1ccc([Si](C)(C)C)s1. The number of thiophene rings is 1. The Hall–Kier alpha value is -1.13. The second-order valence-electron chi connectivity index (χ2n) is 5.53. The Kier molecular flexibility index (Phi) is 3.34. The van der Waals surface area contributed by atoms with Gasteiger partial charge in [-0.05, 0) is 40.8 Å². The van der Waals surface area contributed by atoms with Crippen LogP contribution in [0.15, 0.2) is 24.3 Å². The van der Waals surface area contributed by atoms with Crippen molar-refractivity contribution in [2.24, 2.45) is 0 Å². The van der Waals surface area contributed by atoms with Crippen molar-refractivity contribution in [1.82, 2.24) is 0 Å². The summed E-state index contributed by atoms with van der Waals surface area (Å²) in [6, 6.07) is 7.11. The van der Waals surface area contributed by atoms with Gasteiger partial charge >= 0.3 is 0 Å². The first-order chi connectivity index (χ1) is 8.29. The molecule has 1 aromatic heterocycles. The van der Waals surface area contributed by atoms with Gasteiger partial charge in [0.05, 0.1) is 8.07 Å². The number of aryl methyl sites for hydroxylation is 1. The summed E-state index contributed by atoms with van der Waals surface area (Å²) in [7, 11) is -1.31. The van der Waals surface area contributed by atoms with Crippen molar-refractivity contribution >= 4 is 23.9 Å². The minimum absolute atomic E-state index is 0.279. The maximum Gasteiger partial charge on any atom is 0.165 e. The van der Waals surface area contributed by atoms with E-state index in [-0.39, 0.29) is 5.75 Å². The molecule has 0 spiro atoms. The molecule has 0 atom stereocenters. The highest BCUT2D eigenvalue weighted by molar-refractivity contribution is 7.28. The van der Waals surface area contributed by atoms with E-state index in [9.17, 15) is 9.50 Å². The van der Waals surface area contributed by atoms with E-state index in [4.69, 9.17) is 0 Å². The number of aromatic hydroxyl groups is 1. The first-order valence-corrected chi connectivity index (χ1v) is 10.2. The molecule has 2 aromatic rings. The Labute approximate surface area is 112 Å². The molecule has 0 amide bonds. The van der Waals surface area contributed by atoms with Crippen molar-refractivity contribution in [2.75, 3.05) is 0 Å². The van der Waals surface area contributed by atoms with E-state index in [1.165, 1.54) is 16.6 Å². The van der Waals surface area contributed by atoms with E-state index < -0.39 is 13.9 Å². The minimum atomic E-state index is -1.31. The Bertz CT molecular complexity index is 584. The molecule has 0 radical (unpaired) electrons. The Morgan fingerprint density at radius 3 is 2.39 bits per heavy atom. The molecule has 96 valence electrons. The quantitative estimate of drug-likeness (QED) is 0.821. The zero-order valence-corrected chi connectivity index (χ0v) is 12.9. The molecule has 0 aliphatic carbocycles. The number of rotatable bonds is 2. The zero-order chi connectivity index (χ0) is 13.5. The fraction of sp³-hybridized carbons (Fsp3) is 0.286. The van der Waals surface area contributed by atoms with Crippen molar-refractivity contribution < 1.29 is 9.50 Å². The fourth-order valence-corrected chi connectivity index (χ4v) is 4.79. The summed E-state index contributed by atoms with van der Waals surface area (Å²) in [5.74, 6) is -0.836. The molecule has 0 aliphatic heterocycles. The van der Waals surface area contributed by atoms with Crippen LogP contribution >= 0.6 is 11.3 Å². The molecule has 1 N–H and O–H groups in total. The van der Waals surface area contributed by atoms with E-state index in [0.717, 1.165) is 16.0 Å². The number of hydrogen-bond donors (Lipinski definition) is 1. The highest BCUT2D eigenvalue weighted by Crippen LogP contribution is 2.32. The van der Waals surface area contributed by atoms with Crippen LogP contribution in [-0.4, -0.2) is 13.2 Å². The number of phenols is 1. The Morgan fingerprint density at radius 1 is 1.17 bits per heavy atom. The lowest BCUT2D eigenvalue weighted by atomic mass is 10.1. The van der Waals surface area contributed by atoms with Crippen LogP contribution in [0.5, 0.6) is 5.75 Å². The molecular formula is C14H17FOSSi. The molecule has 1 nitrogen and oxygen atoms in total. The van der Waals surface area contributed by atoms with Crippen molar-refractivity contribution in [3.8, 4) is 16.2 Å². The fourth-order valence-electron chi connectivity index (χ4n) is 1.82. The van der Waals surface area contributed by atoms with Crippen LogP contribution in [0.1, 0.15) is 5.56 Å². The van der Waals surface area contributed by atoms with Gasteiger partial charge in [0.2, 0.25) is 0 Å². The Balaban J connectivity index is 2.50. The van der Waals surface area contributed by atoms with Gasteiger partial charge in [-0.2, -0.15) is 0 Å². The van der Waals surface area contributed by atoms with Gasteiger partial charge in [-0.1, -0.05) is 25.7 Å². The van der Waals surface area contributed by atoms with E-state index in [1.807, 2.05) is 6.92 Å². The van der Waals surface area contributed by atoms with E-state index in [2.05, 4.69) is 31.8 Å². The van der Waals surface area contributed by atoms with Crippen molar-refractivity contribution in [3.05, 3.63) is 35.6 Å². The van der Waals surface area contributed by atoms with E-state index in [0.29, 0.717) is 0 Å². The maximum absolute atomic E-state index is 13.4. The normalized spacial score (nSPS) is 11.8. The first kappa shape index (κ1) is 13.3. The van der Waals surface area contributed by atoms with Crippen LogP contribution in [0.4, 0.5) is 4.39 Å². The minimum Gasteiger partial charge on any atom is -0.505 e. The summed E-state index contributed by atoms with van der Waals surface area (Å²) in [4.78, 5) is 1.07. The number of phenolic OH excluding ortho intramolecular Hbond substituents is 1. The van der Waals surface area contributed by atoms with Crippen LogP contribution in [0.25, 0.3) is 10.4 Å². The molecular weight excluding hydrogens is 263 g/mol. The van der Waals surface area contributed by atoms with Crippen LogP contribution < -0.4 is 4.50 Å². The van der Waals surface area contributed by atoms with Crippen LogP contribution in [0, 0.1) is 12.7 Å². The van der Waals surface area contributed by atoms with Crippen molar-refractivity contribution in [2.45, 2.75) is 26.6 Å². The number of halogens is 1. The molecule has 18 heavy (non-hydrogen) atoms. The predicted molar refractivity (Wildman–Crippen MR) is 79.1 cm³/mol. The molecule has 0 fully saturated rings. The third kappa shape index (κ3) is 2.49. The van der Waals surface area contributed by atoms with Crippen LogP contribution in [0.3, 0.4) is 0 Å². The van der Waals surface area contributed by atoms with Crippen LogP contribution in [-0.2, 0) is 0 Å². The zero-order valence-electron chi connectivity index (χ0n) is 11.0. The second-order valence-corrected chi connectivity index (χ2v) is 12.0. The van der Waals surface area contributed by atoms with Gasteiger partial charge in [0.15, 0.2) is 11.6 Å². The van der Waals surface area contributed by atoms with Gasteiger partial charge < -0.3 is 5.11 Å². The second kappa shape index (κ2) is 4.52. The lowest BCUT2D eigenvalue weighted by molar-refractivity contribution is 0.432. The summed E-state index contributed by atoms with van der Waals surface area (Å²) < 4.78 is 14.9. The summed E-state index contributed by atoms with van der Waals surface area (Å²) >= 11 is 1.74. The standard InChI is InChI=1S/C14H17FOSSi/c1-9-7-12(16)11(15)8-10(9)13-5-6-14(17-13)18(2,3)4/h5-8,16H,1-4H3. The third-order valence-corrected chi connectivity index (χ3v) is 7.62. The van der Waals surface area contributed by atoms with Gasteiger partial charge in [0, 0.05) is 4.88 Å². The smallest absolute Gasteiger partial charge is 0.165 e.